The molecule has 2 aromatic rings. The molecule has 2 N–H and O–H groups in total. The topological polar surface area (TPSA) is 58.2 Å². The Morgan fingerprint density at radius 2 is 1.72 bits per heavy atom. The Kier molecular flexibility index (Phi) is 4.60. The van der Waals surface area contributed by atoms with Gasteiger partial charge in [-0.25, -0.2) is 0 Å². The Labute approximate surface area is 180 Å². The van der Waals surface area contributed by atoms with E-state index >= 15 is 0 Å². The fourth-order valence-electron chi connectivity index (χ4n) is 5.82. The summed E-state index contributed by atoms with van der Waals surface area (Å²) in [7, 11) is 0. The van der Waals surface area contributed by atoms with Crippen LogP contribution in [-0.4, -0.2) is 11.8 Å². The molecule has 2 aromatic carbocycles. The lowest BCUT2D eigenvalue weighted by Gasteiger charge is -2.48. The molecule has 1 saturated carbocycles. The van der Waals surface area contributed by atoms with Crippen LogP contribution in [-0.2, 0) is 15.0 Å². The van der Waals surface area contributed by atoms with Gasteiger partial charge in [0.15, 0.2) is 0 Å². The highest BCUT2D eigenvalue weighted by Crippen LogP contribution is 2.58. The van der Waals surface area contributed by atoms with E-state index in [1.807, 2.05) is 30.3 Å². The number of hydrogen-bond acceptors (Lipinski definition) is 2. The number of nitrogens with one attached hydrogen (secondary N) is 2. The molecular formula is C23H22Cl2N2O2. The van der Waals surface area contributed by atoms with Crippen molar-refractivity contribution in [3.63, 3.8) is 0 Å². The van der Waals surface area contributed by atoms with Crippen LogP contribution in [0.2, 0.25) is 10.0 Å². The number of halogens is 2. The van der Waals surface area contributed by atoms with Crippen molar-refractivity contribution >= 4 is 40.7 Å². The highest BCUT2D eigenvalue weighted by atomic mass is 35.5. The van der Waals surface area contributed by atoms with Crippen LogP contribution in [0.15, 0.2) is 42.5 Å². The minimum absolute atomic E-state index is 0.00675. The maximum atomic E-state index is 13.7. The molecule has 0 aromatic heterocycles. The molecule has 2 fully saturated rings. The van der Waals surface area contributed by atoms with Crippen molar-refractivity contribution in [2.75, 3.05) is 5.32 Å². The summed E-state index contributed by atoms with van der Waals surface area (Å²) in [4.78, 5) is 26.5. The van der Waals surface area contributed by atoms with E-state index in [0.717, 1.165) is 42.5 Å². The first-order valence-corrected chi connectivity index (χ1v) is 10.9. The molecular weight excluding hydrogens is 407 g/mol. The summed E-state index contributed by atoms with van der Waals surface area (Å²) in [5.74, 6) is 0.213. The first-order valence-electron chi connectivity index (χ1n) is 10.2. The van der Waals surface area contributed by atoms with E-state index < -0.39 is 11.5 Å². The maximum absolute atomic E-state index is 13.7. The summed E-state index contributed by atoms with van der Waals surface area (Å²) in [6, 6.07) is 12.6. The molecule has 5 rings (SSSR count). The van der Waals surface area contributed by atoms with Crippen molar-refractivity contribution in [2.45, 2.75) is 43.6 Å². The van der Waals surface area contributed by atoms with Gasteiger partial charge in [-0.05, 0) is 47.2 Å². The molecule has 6 heteroatoms. The highest BCUT2D eigenvalue weighted by molar-refractivity contribution is 6.31. The zero-order valence-electron chi connectivity index (χ0n) is 15.9. The van der Waals surface area contributed by atoms with Gasteiger partial charge in [0.25, 0.3) is 0 Å². The van der Waals surface area contributed by atoms with Crippen molar-refractivity contribution in [3.8, 4) is 0 Å². The van der Waals surface area contributed by atoms with Crippen LogP contribution in [0.25, 0.3) is 0 Å². The number of anilines is 1. The average molecular weight is 429 g/mol. The van der Waals surface area contributed by atoms with Crippen molar-refractivity contribution in [1.82, 2.24) is 5.32 Å². The van der Waals surface area contributed by atoms with E-state index in [2.05, 4.69) is 10.6 Å². The second-order valence-corrected chi connectivity index (χ2v) is 9.30. The Balaban J connectivity index is 1.75. The van der Waals surface area contributed by atoms with E-state index in [1.165, 1.54) is 0 Å². The molecule has 3 atom stereocenters. The summed E-state index contributed by atoms with van der Waals surface area (Å²) in [6.07, 6.45) is 4.76. The van der Waals surface area contributed by atoms with E-state index in [0.29, 0.717) is 22.4 Å². The van der Waals surface area contributed by atoms with Gasteiger partial charge >= 0.3 is 0 Å². The van der Waals surface area contributed by atoms with Crippen molar-refractivity contribution in [3.05, 3.63) is 63.6 Å². The van der Waals surface area contributed by atoms with Gasteiger partial charge in [-0.15, -0.1) is 0 Å². The van der Waals surface area contributed by atoms with Gasteiger partial charge in [-0.1, -0.05) is 67.1 Å². The number of piperidine rings is 1. The normalized spacial score (nSPS) is 29.0. The fourth-order valence-corrected chi connectivity index (χ4v) is 6.19. The molecule has 0 unspecified atom stereocenters. The molecule has 3 aliphatic rings. The SMILES string of the molecule is O=C1C[C@H](C2CCCC2)[C@@]2(C(=O)Nc3cc(Cl)ccc32)[C@H](c2cccc(Cl)c2)N1. The van der Waals surface area contributed by atoms with E-state index in [4.69, 9.17) is 23.2 Å². The zero-order chi connectivity index (χ0) is 20.2. The molecule has 2 aliphatic heterocycles. The van der Waals surface area contributed by atoms with Crippen LogP contribution in [0.5, 0.6) is 0 Å². The predicted molar refractivity (Wildman–Crippen MR) is 114 cm³/mol. The second kappa shape index (κ2) is 7.03. The summed E-state index contributed by atoms with van der Waals surface area (Å²) >= 11 is 12.5. The van der Waals surface area contributed by atoms with E-state index in [9.17, 15) is 9.59 Å². The lowest BCUT2D eigenvalue weighted by atomic mass is 9.57. The van der Waals surface area contributed by atoms with Crippen LogP contribution >= 0.6 is 23.2 Å². The number of amides is 2. The van der Waals surface area contributed by atoms with Gasteiger partial charge < -0.3 is 10.6 Å². The number of benzene rings is 2. The summed E-state index contributed by atoms with van der Waals surface area (Å²) < 4.78 is 0. The quantitative estimate of drug-likeness (QED) is 0.685. The molecule has 4 nitrogen and oxygen atoms in total. The summed E-state index contributed by atoms with van der Waals surface area (Å²) in [6.45, 7) is 0. The van der Waals surface area contributed by atoms with Crippen LogP contribution in [0, 0.1) is 11.8 Å². The summed E-state index contributed by atoms with van der Waals surface area (Å²) in [5, 5.41) is 7.38. The smallest absolute Gasteiger partial charge is 0.237 e. The molecule has 0 radical (unpaired) electrons. The maximum Gasteiger partial charge on any atom is 0.237 e. The van der Waals surface area contributed by atoms with Crippen molar-refractivity contribution in [2.24, 2.45) is 11.8 Å². The van der Waals surface area contributed by atoms with Crippen LogP contribution in [0.4, 0.5) is 5.69 Å². The van der Waals surface area contributed by atoms with Crippen LogP contribution < -0.4 is 10.6 Å². The fraction of sp³-hybridized carbons (Fsp3) is 0.391. The molecule has 1 spiro atoms. The first kappa shape index (κ1) is 19.0. The standard InChI is InChI=1S/C23H22Cl2N2O2/c24-15-7-3-6-14(10-15)21-23(17-9-8-16(25)11-19(17)26-22(23)29)18(12-20(28)27-21)13-4-1-2-5-13/h3,6-11,13,18,21H,1-2,4-5,12H2,(H,26,29)(H,27,28)/t18-,21+,23-/m1/s1. The van der Waals surface area contributed by atoms with Crippen molar-refractivity contribution < 1.29 is 9.59 Å². The second-order valence-electron chi connectivity index (χ2n) is 8.42. The molecule has 29 heavy (non-hydrogen) atoms. The third-order valence-corrected chi connectivity index (χ3v) is 7.42. The largest absolute Gasteiger partial charge is 0.348 e. The summed E-state index contributed by atoms with van der Waals surface area (Å²) in [5.41, 5.74) is 1.65. The number of hydrogen-bond donors (Lipinski definition) is 2. The Morgan fingerprint density at radius 1 is 0.966 bits per heavy atom. The Hall–Kier alpha value is -2.04. The van der Waals surface area contributed by atoms with Gasteiger partial charge in [0.05, 0.1) is 6.04 Å². The lowest BCUT2D eigenvalue weighted by molar-refractivity contribution is -0.135. The Bertz CT molecular complexity index is 1000. The monoisotopic (exact) mass is 428 g/mol. The van der Waals surface area contributed by atoms with Gasteiger partial charge in [-0.2, -0.15) is 0 Å². The van der Waals surface area contributed by atoms with Crippen LogP contribution in [0.3, 0.4) is 0 Å². The predicted octanol–water partition coefficient (Wildman–Crippen LogP) is 5.25. The van der Waals surface area contributed by atoms with Gasteiger partial charge in [0.1, 0.15) is 5.41 Å². The third-order valence-electron chi connectivity index (χ3n) is 6.95. The Morgan fingerprint density at radius 3 is 2.48 bits per heavy atom. The molecule has 2 amide bonds. The number of carbonyl (C=O) groups is 2. The molecule has 0 bridgehead atoms. The molecule has 1 saturated heterocycles. The number of carbonyl (C=O) groups excluding carboxylic acids is 2. The zero-order valence-corrected chi connectivity index (χ0v) is 17.4. The van der Waals surface area contributed by atoms with Gasteiger partial charge in [0.2, 0.25) is 11.8 Å². The van der Waals surface area contributed by atoms with E-state index in [1.54, 1.807) is 12.1 Å². The highest BCUT2D eigenvalue weighted by Gasteiger charge is 2.62. The minimum atomic E-state index is -0.868. The van der Waals surface area contributed by atoms with Gasteiger partial charge in [0, 0.05) is 22.2 Å². The average Bonchev–Trinajstić information content (AvgIpc) is 3.31. The minimum Gasteiger partial charge on any atom is -0.348 e. The number of rotatable bonds is 2. The molecule has 150 valence electrons. The van der Waals surface area contributed by atoms with Crippen LogP contribution in [0.1, 0.15) is 49.3 Å². The van der Waals surface area contributed by atoms with E-state index in [-0.39, 0.29) is 17.7 Å². The molecule has 1 aliphatic carbocycles. The number of fused-ring (bicyclic) bond motifs is 2. The van der Waals surface area contributed by atoms with Gasteiger partial charge in [-0.3, -0.25) is 9.59 Å². The first-order chi connectivity index (χ1) is 14.0. The lowest BCUT2D eigenvalue weighted by Crippen LogP contribution is -2.59. The van der Waals surface area contributed by atoms with Crippen molar-refractivity contribution in [1.29, 1.82) is 0 Å². The third kappa shape index (κ3) is 2.88. The molecule has 2 heterocycles.